The van der Waals surface area contributed by atoms with Crippen molar-refractivity contribution in [2.24, 2.45) is 5.92 Å². The van der Waals surface area contributed by atoms with Crippen LogP contribution < -0.4 is 16.4 Å². The molecule has 3 aromatic rings. The third kappa shape index (κ3) is 6.22. The van der Waals surface area contributed by atoms with Crippen LogP contribution in [0.4, 0.5) is 0 Å². The van der Waals surface area contributed by atoms with Crippen molar-refractivity contribution in [3.05, 3.63) is 92.9 Å². The number of carbonyl (C=O) groups excluding carboxylic acids is 1. The number of allylic oxidation sites excluding steroid dienone is 4. The van der Waals surface area contributed by atoms with Gasteiger partial charge in [0, 0.05) is 17.5 Å². The van der Waals surface area contributed by atoms with Crippen molar-refractivity contribution in [2.75, 3.05) is 5.75 Å². The second-order valence-electron chi connectivity index (χ2n) is 9.40. The van der Waals surface area contributed by atoms with Crippen LogP contribution in [-0.2, 0) is 16.4 Å². The Hall–Kier alpha value is -3.60. The van der Waals surface area contributed by atoms with Crippen molar-refractivity contribution in [3.63, 3.8) is 0 Å². The number of benzene rings is 2. The van der Waals surface area contributed by atoms with Crippen LogP contribution in [-0.4, -0.2) is 41.3 Å². The van der Waals surface area contributed by atoms with E-state index in [0.29, 0.717) is 28.6 Å². The number of H-pyrrole nitrogens is 1. The molecular formula is C27H30N4O5S. The van der Waals surface area contributed by atoms with Gasteiger partial charge in [-0.05, 0) is 59.7 Å². The molecule has 0 saturated carbocycles. The minimum atomic E-state index is -3.50. The molecule has 4 N–H and O–H groups in total. The molecule has 1 aromatic heterocycles. The van der Waals surface area contributed by atoms with Crippen molar-refractivity contribution in [3.8, 4) is 0 Å². The Morgan fingerprint density at radius 1 is 1.11 bits per heavy atom. The first-order valence-corrected chi connectivity index (χ1v) is 13.7. The second-order valence-corrected chi connectivity index (χ2v) is 11.5. The maximum atomic E-state index is 12.8. The van der Waals surface area contributed by atoms with Crippen LogP contribution >= 0.6 is 0 Å². The molecule has 1 atom stereocenters. The highest BCUT2D eigenvalue weighted by atomic mass is 32.2. The summed E-state index contributed by atoms with van der Waals surface area (Å²) in [5.41, 5.74) is 4.97. The van der Waals surface area contributed by atoms with Crippen molar-refractivity contribution < 1.29 is 18.4 Å². The van der Waals surface area contributed by atoms with Crippen LogP contribution in [0.3, 0.4) is 0 Å². The summed E-state index contributed by atoms with van der Waals surface area (Å²) in [6.07, 6.45) is 4.39. The number of nitrogens with one attached hydrogen (secondary N) is 3. The first-order valence-electron chi connectivity index (χ1n) is 12.1. The van der Waals surface area contributed by atoms with Crippen molar-refractivity contribution in [1.82, 2.24) is 20.8 Å². The van der Waals surface area contributed by atoms with Gasteiger partial charge in [-0.2, -0.15) is 0 Å². The van der Waals surface area contributed by atoms with Crippen molar-refractivity contribution >= 4 is 32.2 Å². The monoisotopic (exact) mass is 522 g/mol. The number of hydroxylamine groups is 1. The Kier molecular flexibility index (Phi) is 8.01. The van der Waals surface area contributed by atoms with Gasteiger partial charge in [0.25, 0.3) is 11.5 Å². The molecule has 1 amide bonds. The topological polar surface area (TPSA) is 141 Å². The Labute approximate surface area is 215 Å². The summed E-state index contributed by atoms with van der Waals surface area (Å²) in [4.78, 5) is 32.0. The summed E-state index contributed by atoms with van der Waals surface area (Å²) < 4.78 is 25.6. The van der Waals surface area contributed by atoms with Crippen molar-refractivity contribution in [1.29, 1.82) is 0 Å². The fourth-order valence-corrected chi connectivity index (χ4v) is 6.02. The molecule has 10 heteroatoms. The normalized spacial score (nSPS) is 14.8. The minimum absolute atomic E-state index is 0.0319. The highest BCUT2D eigenvalue weighted by Crippen LogP contribution is 2.30. The summed E-state index contributed by atoms with van der Waals surface area (Å²) in [6.45, 7) is 3.93. The number of aromatic nitrogens is 2. The number of rotatable bonds is 9. The number of sulfone groups is 1. The van der Waals surface area contributed by atoms with Crippen LogP contribution in [0.2, 0.25) is 0 Å². The Bertz CT molecular complexity index is 1540. The summed E-state index contributed by atoms with van der Waals surface area (Å²) >= 11 is 0. The van der Waals surface area contributed by atoms with E-state index in [1.165, 1.54) is 0 Å². The lowest BCUT2D eigenvalue weighted by Gasteiger charge is -2.21. The van der Waals surface area contributed by atoms with Gasteiger partial charge < -0.3 is 15.5 Å². The van der Waals surface area contributed by atoms with Gasteiger partial charge in [-0.1, -0.05) is 50.3 Å². The quantitative estimate of drug-likeness (QED) is 0.316. The zero-order valence-electron chi connectivity index (χ0n) is 20.7. The predicted octanol–water partition coefficient (Wildman–Crippen LogP) is 3.33. The van der Waals surface area contributed by atoms with E-state index in [1.54, 1.807) is 30.3 Å². The number of hydrogen-bond acceptors (Lipinski definition) is 7. The zero-order valence-corrected chi connectivity index (χ0v) is 21.5. The van der Waals surface area contributed by atoms with Gasteiger partial charge in [-0.3, -0.25) is 9.59 Å². The van der Waals surface area contributed by atoms with Gasteiger partial charge in [0.1, 0.15) is 0 Å². The molecule has 0 spiro atoms. The number of amides is 1. The van der Waals surface area contributed by atoms with Crippen LogP contribution in [0.25, 0.3) is 16.5 Å². The van der Waals surface area contributed by atoms with Crippen LogP contribution in [0.15, 0.2) is 70.4 Å². The maximum Gasteiger partial charge on any atom is 0.287 e. The van der Waals surface area contributed by atoms with Crippen LogP contribution in [0.5, 0.6) is 0 Å². The molecule has 1 aliphatic carbocycles. The van der Waals surface area contributed by atoms with Gasteiger partial charge in [-0.25, -0.2) is 18.9 Å². The predicted molar refractivity (Wildman–Crippen MR) is 143 cm³/mol. The molecule has 0 saturated heterocycles. The van der Waals surface area contributed by atoms with E-state index in [-0.39, 0.29) is 29.6 Å². The first-order chi connectivity index (χ1) is 17.7. The fraction of sp³-hybridized carbons (Fsp3) is 0.296. The number of nitrogens with zero attached hydrogens (tertiary/aromatic N) is 1. The van der Waals surface area contributed by atoms with Gasteiger partial charge in [0.2, 0.25) is 0 Å². The Morgan fingerprint density at radius 3 is 2.59 bits per heavy atom. The SMILES string of the molecule is CC(C)C(CS(=O)(=O)C1=CC=C(c2cccc(CNC(=O)c3nc4ccccc4c(=O)[nH]3)c2)CC1)NO. The summed E-state index contributed by atoms with van der Waals surface area (Å²) in [5.74, 6) is -0.733. The third-order valence-electron chi connectivity index (χ3n) is 6.46. The van der Waals surface area contributed by atoms with E-state index >= 15 is 0 Å². The van der Waals surface area contributed by atoms with Crippen LogP contribution in [0, 0.1) is 5.92 Å². The Balaban J connectivity index is 1.45. The minimum Gasteiger partial charge on any atom is -0.345 e. The fourth-order valence-electron chi connectivity index (χ4n) is 4.18. The average Bonchev–Trinajstić information content (AvgIpc) is 2.90. The van der Waals surface area contributed by atoms with Gasteiger partial charge >= 0.3 is 0 Å². The Morgan fingerprint density at radius 2 is 1.89 bits per heavy atom. The second kappa shape index (κ2) is 11.2. The maximum absolute atomic E-state index is 12.8. The molecule has 4 rings (SSSR count). The largest absolute Gasteiger partial charge is 0.345 e. The molecule has 1 unspecified atom stereocenters. The summed E-state index contributed by atoms with van der Waals surface area (Å²) in [7, 11) is -3.50. The van der Waals surface area contributed by atoms with Gasteiger partial charge in [-0.15, -0.1) is 0 Å². The van der Waals surface area contributed by atoms with Gasteiger partial charge in [0.05, 0.1) is 16.7 Å². The van der Waals surface area contributed by atoms with E-state index < -0.39 is 21.8 Å². The molecule has 1 aliphatic rings. The van der Waals surface area contributed by atoms with Crippen LogP contribution in [0.1, 0.15) is 48.4 Å². The highest BCUT2D eigenvalue weighted by molar-refractivity contribution is 7.95. The molecule has 2 aromatic carbocycles. The van der Waals surface area contributed by atoms with Gasteiger partial charge in [0.15, 0.2) is 15.7 Å². The lowest BCUT2D eigenvalue weighted by atomic mass is 9.96. The molecule has 37 heavy (non-hydrogen) atoms. The molecule has 0 fully saturated rings. The van der Waals surface area contributed by atoms with E-state index in [0.717, 1.165) is 16.7 Å². The lowest BCUT2D eigenvalue weighted by Crippen LogP contribution is -2.38. The zero-order chi connectivity index (χ0) is 26.6. The van der Waals surface area contributed by atoms with E-state index in [2.05, 4.69) is 20.8 Å². The first kappa shape index (κ1) is 26.5. The lowest BCUT2D eigenvalue weighted by molar-refractivity contribution is 0.0940. The van der Waals surface area contributed by atoms with E-state index in [1.807, 2.05) is 44.2 Å². The number of aromatic amines is 1. The number of fused-ring (bicyclic) bond motifs is 1. The number of carbonyl (C=O) groups is 1. The number of para-hydroxylation sites is 1. The number of hydrogen-bond donors (Lipinski definition) is 4. The average molecular weight is 523 g/mol. The highest BCUT2D eigenvalue weighted by Gasteiger charge is 2.26. The molecule has 0 aliphatic heterocycles. The van der Waals surface area contributed by atoms with Crippen molar-refractivity contribution in [2.45, 2.75) is 39.3 Å². The third-order valence-corrected chi connectivity index (χ3v) is 8.40. The molecule has 9 nitrogen and oxygen atoms in total. The standard InChI is InChI=1S/C27H30N4O5S/c1-17(2)24(31-34)16-37(35,36)21-12-10-19(11-13-21)20-7-5-6-18(14-20)15-28-27(33)25-29-23-9-4-3-8-22(23)26(32)30-25/h3-10,12,14,17,24,31,34H,11,13,15-16H2,1-2H3,(H,28,33)(H,29,30,32). The summed E-state index contributed by atoms with van der Waals surface area (Å²) in [6, 6.07) is 13.9. The molecular weight excluding hydrogens is 492 g/mol. The molecule has 0 bridgehead atoms. The molecule has 0 radical (unpaired) electrons. The molecule has 1 heterocycles. The smallest absolute Gasteiger partial charge is 0.287 e. The van der Waals surface area contributed by atoms with E-state index in [4.69, 9.17) is 0 Å². The summed E-state index contributed by atoms with van der Waals surface area (Å²) in [5, 5.41) is 12.5. The molecule has 194 valence electrons. The van der Waals surface area contributed by atoms with E-state index in [9.17, 15) is 23.2 Å².